The van der Waals surface area contributed by atoms with Crippen molar-refractivity contribution in [2.24, 2.45) is 0 Å². The first-order valence-corrected chi connectivity index (χ1v) is 7.54. The molecule has 0 radical (unpaired) electrons. The van der Waals surface area contributed by atoms with Crippen LogP contribution in [0.2, 0.25) is 0 Å². The van der Waals surface area contributed by atoms with E-state index in [1.54, 1.807) is 22.3 Å². The Morgan fingerprint density at radius 3 is 2.76 bits per heavy atom. The molecule has 3 rings (SSSR count). The van der Waals surface area contributed by atoms with E-state index in [1.165, 1.54) is 0 Å². The van der Waals surface area contributed by atoms with E-state index in [4.69, 9.17) is 0 Å². The van der Waals surface area contributed by atoms with Gasteiger partial charge in [-0.3, -0.25) is 0 Å². The third kappa shape index (κ3) is 2.92. The van der Waals surface area contributed by atoms with Crippen LogP contribution in [0.15, 0.2) is 29.9 Å². The summed E-state index contributed by atoms with van der Waals surface area (Å²) in [6.07, 6.45) is 1.59. The van der Waals surface area contributed by atoms with Gasteiger partial charge in [-0.1, -0.05) is 0 Å². The summed E-state index contributed by atoms with van der Waals surface area (Å²) >= 11 is 1.67. The maximum Gasteiger partial charge on any atom is 0.143 e. The number of nitrogens with one attached hydrogen (secondary N) is 1. The maximum absolute atomic E-state index is 4.51. The van der Waals surface area contributed by atoms with Crippen LogP contribution in [0.5, 0.6) is 0 Å². The average Bonchev–Trinajstić information content (AvgIpc) is 3.10. The van der Waals surface area contributed by atoms with E-state index in [0.29, 0.717) is 0 Å². The van der Waals surface area contributed by atoms with Gasteiger partial charge in [0.25, 0.3) is 0 Å². The predicted octanol–water partition coefficient (Wildman–Crippen LogP) is 2.91. The van der Waals surface area contributed by atoms with Crippen LogP contribution in [0.3, 0.4) is 0 Å². The highest BCUT2D eigenvalue weighted by Crippen LogP contribution is 2.23. The van der Waals surface area contributed by atoms with Crippen LogP contribution < -0.4 is 5.32 Å². The van der Waals surface area contributed by atoms with Gasteiger partial charge in [-0.2, -0.15) is 0 Å². The van der Waals surface area contributed by atoms with Crippen LogP contribution in [0.4, 0.5) is 5.69 Å². The Labute approximate surface area is 126 Å². The number of aromatic nitrogens is 5. The van der Waals surface area contributed by atoms with E-state index in [-0.39, 0.29) is 6.04 Å². The van der Waals surface area contributed by atoms with Gasteiger partial charge in [0.15, 0.2) is 0 Å². The van der Waals surface area contributed by atoms with Crippen LogP contribution >= 0.6 is 11.3 Å². The van der Waals surface area contributed by atoms with Crippen LogP contribution in [0.1, 0.15) is 29.2 Å². The van der Waals surface area contributed by atoms with Gasteiger partial charge in [0.1, 0.15) is 6.33 Å². The number of aryl methyl sites for hydroxylation is 2. The van der Waals surface area contributed by atoms with Crippen molar-refractivity contribution in [3.05, 3.63) is 46.2 Å². The van der Waals surface area contributed by atoms with Crippen molar-refractivity contribution < 1.29 is 0 Å². The van der Waals surface area contributed by atoms with Crippen molar-refractivity contribution >= 4 is 17.0 Å². The Hall–Kier alpha value is -2.28. The highest BCUT2D eigenvalue weighted by molar-refractivity contribution is 7.09. The summed E-state index contributed by atoms with van der Waals surface area (Å²) in [6.45, 7) is 6.17. The SMILES string of the molecule is Cc1nc(C(C)Nc2ccc(-n3cnnn3)c(C)c2)cs1. The van der Waals surface area contributed by atoms with Crippen LogP contribution in [-0.4, -0.2) is 25.2 Å². The van der Waals surface area contributed by atoms with Gasteiger partial charge >= 0.3 is 0 Å². The van der Waals surface area contributed by atoms with Gasteiger partial charge in [-0.25, -0.2) is 9.67 Å². The number of nitrogens with zero attached hydrogens (tertiary/aromatic N) is 5. The lowest BCUT2D eigenvalue weighted by atomic mass is 10.1. The lowest BCUT2D eigenvalue weighted by Crippen LogP contribution is -2.08. The zero-order valence-electron chi connectivity index (χ0n) is 12.1. The smallest absolute Gasteiger partial charge is 0.143 e. The van der Waals surface area contributed by atoms with E-state index in [2.05, 4.69) is 44.2 Å². The molecule has 0 saturated heterocycles. The first-order valence-electron chi connectivity index (χ1n) is 6.66. The van der Waals surface area contributed by atoms with Gasteiger partial charge in [0.05, 0.1) is 22.4 Å². The zero-order chi connectivity index (χ0) is 14.8. The average molecular weight is 300 g/mol. The lowest BCUT2D eigenvalue weighted by Gasteiger charge is -2.15. The molecule has 2 aromatic heterocycles. The Morgan fingerprint density at radius 2 is 2.14 bits per heavy atom. The number of hydrogen-bond donors (Lipinski definition) is 1. The molecule has 6 nitrogen and oxygen atoms in total. The van der Waals surface area contributed by atoms with Crippen LogP contribution in [0.25, 0.3) is 5.69 Å². The van der Waals surface area contributed by atoms with Crippen molar-refractivity contribution in [1.82, 2.24) is 25.2 Å². The fourth-order valence-electron chi connectivity index (χ4n) is 2.18. The summed E-state index contributed by atoms with van der Waals surface area (Å²) in [5.74, 6) is 0. The van der Waals surface area contributed by atoms with Gasteiger partial charge in [-0.05, 0) is 55.0 Å². The van der Waals surface area contributed by atoms with E-state index in [0.717, 1.165) is 27.6 Å². The van der Waals surface area contributed by atoms with E-state index >= 15 is 0 Å². The fourth-order valence-corrected chi connectivity index (χ4v) is 2.88. The third-order valence-corrected chi connectivity index (χ3v) is 4.05. The molecule has 0 fully saturated rings. The number of rotatable bonds is 4. The summed E-state index contributed by atoms with van der Waals surface area (Å²) < 4.78 is 1.66. The standard InChI is InChI=1S/C14H16N6S/c1-9-6-12(4-5-14(9)20-8-15-18-19-20)16-10(2)13-7-21-11(3)17-13/h4-8,10,16H,1-3H3. The van der Waals surface area contributed by atoms with Crippen LogP contribution in [0, 0.1) is 13.8 Å². The molecule has 0 saturated carbocycles. The molecule has 2 heterocycles. The third-order valence-electron chi connectivity index (χ3n) is 3.26. The Kier molecular flexibility index (Phi) is 3.66. The second-order valence-electron chi connectivity index (χ2n) is 4.91. The zero-order valence-corrected chi connectivity index (χ0v) is 12.9. The van der Waals surface area contributed by atoms with Crippen LogP contribution in [-0.2, 0) is 0 Å². The molecular weight excluding hydrogens is 284 g/mol. The minimum Gasteiger partial charge on any atom is -0.377 e. The van der Waals surface area contributed by atoms with Crippen molar-refractivity contribution in [2.75, 3.05) is 5.32 Å². The second kappa shape index (κ2) is 5.61. The molecule has 108 valence electrons. The molecule has 0 spiro atoms. The molecule has 0 amide bonds. The molecule has 0 bridgehead atoms. The fraction of sp³-hybridized carbons (Fsp3) is 0.286. The number of benzene rings is 1. The van der Waals surface area contributed by atoms with Crippen molar-refractivity contribution in [3.8, 4) is 5.69 Å². The molecule has 0 aliphatic carbocycles. The molecule has 1 atom stereocenters. The number of tetrazole rings is 1. The summed E-state index contributed by atoms with van der Waals surface area (Å²) in [5.41, 5.74) is 4.21. The molecule has 7 heteroatoms. The molecule has 1 unspecified atom stereocenters. The van der Waals surface area contributed by atoms with Crippen molar-refractivity contribution in [1.29, 1.82) is 0 Å². The molecular formula is C14H16N6S. The maximum atomic E-state index is 4.51. The number of thiazole rings is 1. The van der Waals surface area contributed by atoms with Gasteiger partial charge in [0, 0.05) is 11.1 Å². The minimum atomic E-state index is 0.174. The quantitative estimate of drug-likeness (QED) is 0.802. The molecule has 0 aliphatic heterocycles. The molecule has 21 heavy (non-hydrogen) atoms. The number of hydrogen-bond acceptors (Lipinski definition) is 6. The summed E-state index contributed by atoms with van der Waals surface area (Å²) in [4.78, 5) is 4.51. The Balaban J connectivity index is 1.79. The first-order chi connectivity index (χ1) is 10.1. The first kappa shape index (κ1) is 13.7. The number of anilines is 1. The Bertz CT molecular complexity index is 734. The van der Waals surface area contributed by atoms with E-state index in [1.807, 2.05) is 26.0 Å². The molecule has 1 aromatic carbocycles. The Morgan fingerprint density at radius 1 is 1.29 bits per heavy atom. The topological polar surface area (TPSA) is 68.5 Å². The molecule has 3 aromatic rings. The van der Waals surface area contributed by atoms with Crippen molar-refractivity contribution in [3.63, 3.8) is 0 Å². The molecule has 1 N–H and O–H groups in total. The summed E-state index contributed by atoms with van der Waals surface area (Å²) in [7, 11) is 0. The van der Waals surface area contributed by atoms with E-state index in [9.17, 15) is 0 Å². The lowest BCUT2D eigenvalue weighted by molar-refractivity contribution is 0.785. The highest BCUT2D eigenvalue weighted by atomic mass is 32.1. The minimum absolute atomic E-state index is 0.174. The van der Waals surface area contributed by atoms with Crippen molar-refractivity contribution in [2.45, 2.75) is 26.8 Å². The summed E-state index contributed by atoms with van der Waals surface area (Å²) in [5, 5.41) is 17.9. The highest BCUT2D eigenvalue weighted by Gasteiger charge is 2.10. The van der Waals surface area contributed by atoms with Gasteiger partial charge in [-0.15, -0.1) is 16.4 Å². The predicted molar refractivity (Wildman–Crippen MR) is 82.8 cm³/mol. The van der Waals surface area contributed by atoms with Gasteiger partial charge < -0.3 is 5.32 Å². The second-order valence-corrected chi connectivity index (χ2v) is 5.98. The largest absolute Gasteiger partial charge is 0.377 e. The van der Waals surface area contributed by atoms with Gasteiger partial charge in [0.2, 0.25) is 0 Å². The van der Waals surface area contributed by atoms with E-state index < -0.39 is 0 Å². The molecule has 0 aliphatic rings. The summed E-state index contributed by atoms with van der Waals surface area (Å²) in [6, 6.07) is 6.30. The monoisotopic (exact) mass is 300 g/mol. The normalized spacial score (nSPS) is 12.3.